The summed E-state index contributed by atoms with van der Waals surface area (Å²) >= 11 is 0. The number of aryl methyl sites for hydroxylation is 1. The number of nitrogens with zero attached hydrogens (tertiary/aromatic N) is 1. The van der Waals surface area contributed by atoms with E-state index in [9.17, 15) is 8.42 Å². The van der Waals surface area contributed by atoms with Crippen molar-refractivity contribution in [1.82, 2.24) is 4.83 Å². The Labute approximate surface area is 126 Å². The third-order valence-electron chi connectivity index (χ3n) is 3.45. The molecule has 0 saturated carbocycles. The van der Waals surface area contributed by atoms with Crippen LogP contribution in [-0.4, -0.2) is 25.3 Å². The van der Waals surface area contributed by atoms with Crippen molar-refractivity contribution >= 4 is 15.7 Å². The summed E-state index contributed by atoms with van der Waals surface area (Å²) in [5.74, 6) is 0. The molecule has 1 aliphatic heterocycles. The molecule has 0 aliphatic carbocycles. The summed E-state index contributed by atoms with van der Waals surface area (Å²) in [5.41, 5.74) is 0.798. The van der Waals surface area contributed by atoms with E-state index < -0.39 is 15.6 Å². The van der Waals surface area contributed by atoms with Gasteiger partial charge in [-0.1, -0.05) is 17.7 Å². The molecule has 0 spiro atoms. The van der Waals surface area contributed by atoms with Gasteiger partial charge in [-0.15, -0.1) is 0 Å². The van der Waals surface area contributed by atoms with E-state index in [1.54, 1.807) is 24.3 Å². The highest BCUT2D eigenvalue weighted by Gasteiger charge is 2.43. The number of ether oxygens (including phenoxy) is 1. The van der Waals surface area contributed by atoms with E-state index in [0.717, 1.165) is 5.56 Å². The monoisotopic (exact) mass is 310 g/mol. The fraction of sp³-hybridized carbons (Fsp3) is 0.533. The van der Waals surface area contributed by atoms with E-state index in [4.69, 9.17) is 4.74 Å². The lowest BCUT2D eigenvalue weighted by Crippen LogP contribution is -2.31. The molecule has 5 nitrogen and oxygen atoms in total. The van der Waals surface area contributed by atoms with Crippen LogP contribution in [0.3, 0.4) is 0 Å². The summed E-state index contributed by atoms with van der Waals surface area (Å²) in [6.07, 6.45) is 0.594. The van der Waals surface area contributed by atoms with Gasteiger partial charge in [0.25, 0.3) is 10.0 Å². The van der Waals surface area contributed by atoms with Crippen LogP contribution in [0.1, 0.15) is 39.7 Å². The molecule has 0 atom stereocenters. The Bertz CT molecular complexity index is 659. The van der Waals surface area contributed by atoms with Crippen molar-refractivity contribution in [3.63, 3.8) is 0 Å². The summed E-state index contributed by atoms with van der Waals surface area (Å²) in [5, 5.41) is 4.10. The number of rotatable bonds is 3. The van der Waals surface area contributed by atoms with Crippen molar-refractivity contribution < 1.29 is 13.2 Å². The van der Waals surface area contributed by atoms with Gasteiger partial charge in [0.1, 0.15) is 5.60 Å². The SMILES string of the molecule is Cc1ccc(S(=O)(=O)N/N=C2/CC(C)(C)OC2(C)C)cc1. The zero-order valence-electron chi connectivity index (χ0n) is 13.1. The number of hydrazone groups is 1. The van der Waals surface area contributed by atoms with Gasteiger partial charge in [-0.05, 0) is 46.8 Å². The average Bonchev–Trinajstić information content (AvgIpc) is 2.55. The molecule has 2 rings (SSSR count). The highest BCUT2D eigenvalue weighted by atomic mass is 32.2. The third kappa shape index (κ3) is 3.63. The molecule has 1 heterocycles. The second-order valence-corrected chi connectivity index (χ2v) is 8.18. The lowest BCUT2D eigenvalue weighted by atomic mass is 9.98. The quantitative estimate of drug-likeness (QED) is 0.873. The standard InChI is InChI=1S/C15H22N2O3S/c1-11-6-8-12(9-7-11)21(18,19)17-16-13-10-14(2,3)20-15(13,4)5/h6-9,17H,10H2,1-5H3/b16-13-. The molecular formula is C15H22N2O3S. The number of benzene rings is 1. The molecule has 0 aromatic heterocycles. The first-order valence-corrected chi connectivity index (χ1v) is 8.36. The van der Waals surface area contributed by atoms with Crippen LogP contribution in [0.5, 0.6) is 0 Å². The molecule has 21 heavy (non-hydrogen) atoms. The van der Waals surface area contributed by atoms with Gasteiger partial charge in [-0.2, -0.15) is 13.5 Å². The normalized spacial score (nSPS) is 22.4. The van der Waals surface area contributed by atoms with Crippen LogP contribution >= 0.6 is 0 Å². The first-order chi connectivity index (χ1) is 9.52. The maximum Gasteiger partial charge on any atom is 0.276 e. The maximum absolute atomic E-state index is 12.2. The van der Waals surface area contributed by atoms with Crippen molar-refractivity contribution in [3.05, 3.63) is 29.8 Å². The van der Waals surface area contributed by atoms with E-state index in [1.807, 2.05) is 34.6 Å². The van der Waals surface area contributed by atoms with Crippen molar-refractivity contribution in [2.24, 2.45) is 5.10 Å². The van der Waals surface area contributed by atoms with Crippen LogP contribution in [0, 0.1) is 6.92 Å². The molecule has 1 saturated heterocycles. The van der Waals surface area contributed by atoms with Gasteiger partial charge in [-0.3, -0.25) is 0 Å². The average molecular weight is 310 g/mol. The van der Waals surface area contributed by atoms with Crippen molar-refractivity contribution in [3.8, 4) is 0 Å². The third-order valence-corrected chi connectivity index (χ3v) is 4.68. The minimum absolute atomic E-state index is 0.202. The number of hydrogen-bond donors (Lipinski definition) is 1. The molecule has 0 radical (unpaired) electrons. The Morgan fingerprint density at radius 1 is 1.14 bits per heavy atom. The van der Waals surface area contributed by atoms with E-state index in [1.165, 1.54) is 0 Å². The number of sulfonamides is 1. The summed E-state index contributed by atoms with van der Waals surface area (Å²) in [7, 11) is -3.65. The van der Waals surface area contributed by atoms with E-state index in [-0.39, 0.29) is 10.5 Å². The Kier molecular flexibility index (Phi) is 3.88. The van der Waals surface area contributed by atoms with Crippen LogP contribution in [0.2, 0.25) is 0 Å². The van der Waals surface area contributed by atoms with E-state index >= 15 is 0 Å². The molecule has 0 unspecified atom stereocenters. The van der Waals surface area contributed by atoms with E-state index in [2.05, 4.69) is 9.93 Å². The highest BCUT2D eigenvalue weighted by molar-refractivity contribution is 7.89. The van der Waals surface area contributed by atoms with Crippen LogP contribution in [0.15, 0.2) is 34.3 Å². The van der Waals surface area contributed by atoms with E-state index in [0.29, 0.717) is 12.1 Å². The largest absolute Gasteiger partial charge is 0.363 e. The lowest BCUT2D eigenvalue weighted by Gasteiger charge is -2.23. The van der Waals surface area contributed by atoms with Gasteiger partial charge in [-0.25, -0.2) is 4.83 Å². The van der Waals surface area contributed by atoms with Crippen molar-refractivity contribution in [2.75, 3.05) is 0 Å². The Hall–Kier alpha value is -1.40. The molecular weight excluding hydrogens is 288 g/mol. The van der Waals surface area contributed by atoms with Gasteiger partial charge in [0, 0.05) is 6.42 Å². The first-order valence-electron chi connectivity index (χ1n) is 6.88. The lowest BCUT2D eigenvalue weighted by molar-refractivity contribution is -0.0515. The van der Waals surface area contributed by atoms with Crippen LogP contribution in [-0.2, 0) is 14.8 Å². The highest BCUT2D eigenvalue weighted by Crippen LogP contribution is 2.34. The van der Waals surface area contributed by atoms with Gasteiger partial charge in [0.05, 0.1) is 16.2 Å². The molecule has 1 aliphatic rings. The molecule has 0 amide bonds. The zero-order chi connectivity index (χ0) is 15.9. The van der Waals surface area contributed by atoms with Crippen LogP contribution in [0.4, 0.5) is 0 Å². The summed E-state index contributed by atoms with van der Waals surface area (Å²) in [6, 6.07) is 6.65. The van der Waals surface area contributed by atoms with Crippen molar-refractivity contribution in [1.29, 1.82) is 0 Å². The molecule has 1 aromatic carbocycles. The topological polar surface area (TPSA) is 67.8 Å². The second kappa shape index (κ2) is 5.10. The zero-order valence-corrected chi connectivity index (χ0v) is 13.9. The predicted molar refractivity (Wildman–Crippen MR) is 82.8 cm³/mol. The second-order valence-electron chi connectivity index (χ2n) is 6.52. The maximum atomic E-state index is 12.2. The molecule has 6 heteroatoms. The summed E-state index contributed by atoms with van der Waals surface area (Å²) in [4.78, 5) is 2.51. The summed E-state index contributed by atoms with van der Waals surface area (Å²) in [6.45, 7) is 9.61. The fourth-order valence-electron chi connectivity index (χ4n) is 2.46. The molecule has 0 bridgehead atoms. The van der Waals surface area contributed by atoms with Crippen LogP contribution < -0.4 is 4.83 Å². The number of hydrogen-bond acceptors (Lipinski definition) is 4. The van der Waals surface area contributed by atoms with Gasteiger partial charge in [0.2, 0.25) is 0 Å². The van der Waals surface area contributed by atoms with Gasteiger partial charge >= 0.3 is 0 Å². The Morgan fingerprint density at radius 3 is 2.19 bits per heavy atom. The first kappa shape index (κ1) is 16.0. The molecule has 1 aromatic rings. The Balaban J connectivity index is 2.22. The fourth-order valence-corrected chi connectivity index (χ4v) is 3.29. The van der Waals surface area contributed by atoms with Gasteiger partial charge < -0.3 is 4.74 Å². The molecule has 1 N–H and O–H groups in total. The van der Waals surface area contributed by atoms with Crippen molar-refractivity contribution in [2.45, 2.75) is 57.1 Å². The van der Waals surface area contributed by atoms with Crippen LogP contribution in [0.25, 0.3) is 0 Å². The molecule has 116 valence electrons. The minimum Gasteiger partial charge on any atom is -0.363 e. The minimum atomic E-state index is -3.65. The number of nitrogens with one attached hydrogen (secondary N) is 1. The Morgan fingerprint density at radius 2 is 1.71 bits per heavy atom. The summed E-state index contributed by atoms with van der Waals surface area (Å²) < 4.78 is 30.3. The predicted octanol–water partition coefficient (Wildman–Crippen LogP) is 2.61. The molecule has 1 fully saturated rings. The van der Waals surface area contributed by atoms with Gasteiger partial charge in [0.15, 0.2) is 0 Å². The smallest absolute Gasteiger partial charge is 0.276 e.